The van der Waals surface area contributed by atoms with Crippen molar-refractivity contribution in [2.24, 2.45) is 16.3 Å². The van der Waals surface area contributed by atoms with Crippen LogP contribution in [0.3, 0.4) is 0 Å². The number of piperidine rings is 1. The lowest BCUT2D eigenvalue weighted by Crippen LogP contribution is -2.42. The summed E-state index contributed by atoms with van der Waals surface area (Å²) in [5.74, 6) is 2.00. The van der Waals surface area contributed by atoms with Gasteiger partial charge in [0, 0.05) is 26.7 Å². The van der Waals surface area contributed by atoms with Gasteiger partial charge in [0.15, 0.2) is 5.96 Å². The van der Waals surface area contributed by atoms with Crippen molar-refractivity contribution < 1.29 is 0 Å². The molecule has 0 aromatic heterocycles. The van der Waals surface area contributed by atoms with Gasteiger partial charge in [-0.3, -0.25) is 4.99 Å². The molecule has 2 aliphatic rings. The average molecular weight is 422 g/mol. The molecular weight excluding hydrogens is 387 g/mol. The summed E-state index contributed by atoms with van der Waals surface area (Å²) in [6.07, 6.45) is 5.28. The minimum absolute atomic E-state index is 0. The zero-order chi connectivity index (χ0) is 15.3. The van der Waals surface area contributed by atoms with E-state index in [1.807, 2.05) is 7.05 Å². The first-order valence-corrected chi connectivity index (χ1v) is 8.72. The standard InChI is InChI=1S/C17H34N4.HI/c1-5-20-11-7-15(8-12-20)6-10-19-16(18-4)21-13-9-17(2,3)14-21;/h15H,5-14H2,1-4H3,(H,18,19);1H. The maximum atomic E-state index is 4.47. The fraction of sp³-hybridized carbons (Fsp3) is 0.941. The number of aliphatic imine (C=N–C) groups is 1. The van der Waals surface area contributed by atoms with Crippen LogP contribution in [0.4, 0.5) is 0 Å². The summed E-state index contributed by atoms with van der Waals surface area (Å²) in [4.78, 5) is 9.45. The molecule has 0 unspecified atom stereocenters. The molecule has 2 saturated heterocycles. The quantitative estimate of drug-likeness (QED) is 0.429. The van der Waals surface area contributed by atoms with Crippen molar-refractivity contribution in [3.63, 3.8) is 0 Å². The number of halogens is 1. The number of likely N-dealkylation sites (tertiary alicyclic amines) is 2. The van der Waals surface area contributed by atoms with Crippen LogP contribution >= 0.6 is 24.0 Å². The van der Waals surface area contributed by atoms with Crippen LogP contribution in [0, 0.1) is 11.3 Å². The summed E-state index contributed by atoms with van der Waals surface area (Å²) in [6.45, 7) is 14.1. The van der Waals surface area contributed by atoms with E-state index in [1.165, 1.54) is 45.3 Å². The Morgan fingerprint density at radius 3 is 2.41 bits per heavy atom. The van der Waals surface area contributed by atoms with E-state index in [2.05, 4.69) is 40.9 Å². The van der Waals surface area contributed by atoms with Gasteiger partial charge in [0.05, 0.1) is 0 Å². The molecule has 0 atom stereocenters. The lowest BCUT2D eigenvalue weighted by atomic mass is 9.93. The van der Waals surface area contributed by atoms with Crippen LogP contribution in [0.2, 0.25) is 0 Å². The Morgan fingerprint density at radius 1 is 1.23 bits per heavy atom. The molecule has 0 radical (unpaired) electrons. The maximum Gasteiger partial charge on any atom is 0.193 e. The first-order valence-electron chi connectivity index (χ1n) is 8.72. The van der Waals surface area contributed by atoms with Crippen LogP contribution in [0.15, 0.2) is 4.99 Å². The van der Waals surface area contributed by atoms with Crippen molar-refractivity contribution in [3.05, 3.63) is 0 Å². The largest absolute Gasteiger partial charge is 0.356 e. The molecule has 0 aromatic carbocycles. The molecule has 2 rings (SSSR count). The fourth-order valence-corrected chi connectivity index (χ4v) is 3.60. The van der Waals surface area contributed by atoms with Crippen molar-refractivity contribution in [2.45, 2.75) is 46.5 Å². The third-order valence-corrected chi connectivity index (χ3v) is 5.18. The lowest BCUT2D eigenvalue weighted by molar-refractivity contribution is 0.187. The van der Waals surface area contributed by atoms with Gasteiger partial charge in [-0.1, -0.05) is 20.8 Å². The molecule has 2 heterocycles. The zero-order valence-corrected chi connectivity index (χ0v) is 17.2. The lowest BCUT2D eigenvalue weighted by Gasteiger charge is -2.31. The smallest absolute Gasteiger partial charge is 0.193 e. The molecule has 4 nitrogen and oxygen atoms in total. The van der Waals surface area contributed by atoms with E-state index in [0.717, 1.165) is 31.5 Å². The van der Waals surface area contributed by atoms with Gasteiger partial charge in [0.1, 0.15) is 0 Å². The Bertz CT molecular complexity index is 349. The summed E-state index contributed by atoms with van der Waals surface area (Å²) < 4.78 is 0. The first-order chi connectivity index (χ1) is 10.0. The second kappa shape index (κ2) is 9.30. The van der Waals surface area contributed by atoms with Crippen LogP contribution in [0.1, 0.15) is 46.5 Å². The van der Waals surface area contributed by atoms with Gasteiger partial charge in [0.2, 0.25) is 0 Å². The van der Waals surface area contributed by atoms with Crippen molar-refractivity contribution in [1.29, 1.82) is 0 Å². The number of rotatable bonds is 4. The van der Waals surface area contributed by atoms with E-state index in [0.29, 0.717) is 5.41 Å². The first kappa shape index (κ1) is 20.0. The van der Waals surface area contributed by atoms with Gasteiger partial charge in [-0.05, 0) is 56.7 Å². The third-order valence-electron chi connectivity index (χ3n) is 5.18. The SMILES string of the molecule is CCN1CCC(CCNC(=NC)N2CCC(C)(C)C2)CC1.I. The average Bonchev–Trinajstić information content (AvgIpc) is 2.84. The molecule has 22 heavy (non-hydrogen) atoms. The molecule has 1 N–H and O–H groups in total. The summed E-state index contributed by atoms with van der Waals surface area (Å²) in [6, 6.07) is 0. The Labute approximate surface area is 154 Å². The van der Waals surface area contributed by atoms with Crippen LogP contribution in [-0.4, -0.2) is 62.1 Å². The van der Waals surface area contributed by atoms with Crippen LogP contribution in [-0.2, 0) is 0 Å². The number of nitrogens with zero attached hydrogens (tertiary/aromatic N) is 3. The summed E-state index contributed by atoms with van der Waals surface area (Å²) in [7, 11) is 1.91. The van der Waals surface area contributed by atoms with E-state index in [1.54, 1.807) is 0 Å². The predicted molar refractivity (Wildman–Crippen MR) is 106 cm³/mol. The second-order valence-electron chi connectivity index (χ2n) is 7.48. The van der Waals surface area contributed by atoms with Gasteiger partial charge in [-0.25, -0.2) is 0 Å². The number of hydrogen-bond acceptors (Lipinski definition) is 2. The molecule has 0 spiro atoms. The Morgan fingerprint density at radius 2 is 1.91 bits per heavy atom. The minimum Gasteiger partial charge on any atom is -0.356 e. The summed E-state index contributed by atoms with van der Waals surface area (Å²) in [5.41, 5.74) is 0.435. The Hall–Kier alpha value is -0.0400. The van der Waals surface area contributed by atoms with Crippen molar-refractivity contribution in [3.8, 4) is 0 Å². The number of guanidine groups is 1. The monoisotopic (exact) mass is 422 g/mol. The molecule has 0 amide bonds. The van der Waals surface area contributed by atoms with E-state index >= 15 is 0 Å². The normalized spacial score (nSPS) is 23.5. The van der Waals surface area contributed by atoms with Gasteiger partial charge >= 0.3 is 0 Å². The van der Waals surface area contributed by atoms with Crippen molar-refractivity contribution >= 4 is 29.9 Å². The molecule has 0 aliphatic carbocycles. The van der Waals surface area contributed by atoms with Gasteiger partial charge < -0.3 is 15.1 Å². The Balaban J connectivity index is 0.00000242. The van der Waals surface area contributed by atoms with Crippen LogP contribution < -0.4 is 5.32 Å². The van der Waals surface area contributed by atoms with Gasteiger partial charge in [-0.15, -0.1) is 24.0 Å². The van der Waals surface area contributed by atoms with E-state index in [4.69, 9.17) is 0 Å². The molecule has 2 aliphatic heterocycles. The van der Waals surface area contributed by atoms with E-state index < -0.39 is 0 Å². The van der Waals surface area contributed by atoms with Crippen molar-refractivity contribution in [1.82, 2.24) is 15.1 Å². The van der Waals surface area contributed by atoms with Gasteiger partial charge in [-0.2, -0.15) is 0 Å². The van der Waals surface area contributed by atoms with Crippen molar-refractivity contribution in [2.75, 3.05) is 46.3 Å². The van der Waals surface area contributed by atoms with E-state index in [-0.39, 0.29) is 24.0 Å². The summed E-state index contributed by atoms with van der Waals surface area (Å²) >= 11 is 0. The minimum atomic E-state index is 0. The molecular formula is C17H35IN4. The Kier molecular flexibility index (Phi) is 8.46. The highest BCUT2D eigenvalue weighted by atomic mass is 127. The molecule has 2 fully saturated rings. The highest BCUT2D eigenvalue weighted by Gasteiger charge is 2.30. The number of hydrogen-bond donors (Lipinski definition) is 1. The molecule has 5 heteroatoms. The second-order valence-corrected chi connectivity index (χ2v) is 7.48. The zero-order valence-electron chi connectivity index (χ0n) is 14.9. The maximum absolute atomic E-state index is 4.47. The topological polar surface area (TPSA) is 30.9 Å². The van der Waals surface area contributed by atoms with Crippen LogP contribution in [0.5, 0.6) is 0 Å². The third kappa shape index (κ3) is 5.87. The predicted octanol–water partition coefficient (Wildman–Crippen LogP) is 3.03. The highest BCUT2D eigenvalue weighted by Crippen LogP contribution is 2.28. The van der Waals surface area contributed by atoms with E-state index in [9.17, 15) is 0 Å². The molecule has 0 bridgehead atoms. The van der Waals surface area contributed by atoms with Crippen LogP contribution in [0.25, 0.3) is 0 Å². The number of nitrogens with one attached hydrogen (secondary N) is 1. The highest BCUT2D eigenvalue weighted by molar-refractivity contribution is 14.0. The molecule has 130 valence electrons. The summed E-state index contributed by atoms with van der Waals surface area (Å²) in [5, 5.41) is 3.58. The fourth-order valence-electron chi connectivity index (χ4n) is 3.60. The molecule has 0 saturated carbocycles. The molecule has 0 aromatic rings. The van der Waals surface area contributed by atoms with Gasteiger partial charge in [0.25, 0.3) is 0 Å².